The van der Waals surface area contributed by atoms with Crippen LogP contribution in [0.4, 0.5) is 10.2 Å². The van der Waals surface area contributed by atoms with Crippen molar-refractivity contribution in [2.75, 3.05) is 5.32 Å². The van der Waals surface area contributed by atoms with Gasteiger partial charge in [-0.25, -0.2) is 14.2 Å². The summed E-state index contributed by atoms with van der Waals surface area (Å²) < 4.78 is 23.7. The molecular weight excluding hydrogens is 425 g/mol. The van der Waals surface area contributed by atoms with Crippen molar-refractivity contribution in [1.29, 1.82) is 0 Å². The number of hydrogen-bond donors (Lipinski definition) is 1. The second kappa shape index (κ2) is 9.97. The molecule has 2 aromatic heterocycles. The fraction of sp³-hybridized carbons (Fsp3) is 0.417. The van der Waals surface area contributed by atoms with Crippen LogP contribution in [0.1, 0.15) is 63.1 Å². The number of pyridine rings is 1. The van der Waals surface area contributed by atoms with Gasteiger partial charge in [0, 0.05) is 25.2 Å². The van der Waals surface area contributed by atoms with Gasteiger partial charge in [-0.15, -0.1) is 5.10 Å². The zero-order chi connectivity index (χ0) is 24.3. The maximum atomic E-state index is 15.2. The van der Waals surface area contributed by atoms with E-state index in [1.807, 2.05) is 20.8 Å². The van der Waals surface area contributed by atoms with E-state index in [0.717, 1.165) is 17.2 Å². The Labute approximate surface area is 192 Å². The molecular formula is C24H30FN5O3. The van der Waals surface area contributed by atoms with Crippen molar-refractivity contribution in [3.05, 3.63) is 64.2 Å². The molecule has 1 N–H and O–H groups in total. The molecule has 0 aliphatic carbocycles. The predicted octanol–water partition coefficient (Wildman–Crippen LogP) is 4.29. The van der Waals surface area contributed by atoms with Crippen LogP contribution < -0.4 is 15.7 Å². The standard InChI is InChI=1S/C24H30FN5O3/c1-14(2)11-16(5)33-20-13-19(30-24(32)29(6)22(28-30)15(3)4)18(25)12-17(20)23(31)27-21-9-7-8-10-26-21/h7-10,12-16H,11H2,1-6H3,(H,26,27,31)/t16-/m0/s1. The molecule has 0 radical (unpaired) electrons. The second-order valence-electron chi connectivity index (χ2n) is 8.79. The summed E-state index contributed by atoms with van der Waals surface area (Å²) in [6.45, 7) is 9.80. The number of nitrogens with zero attached hydrogens (tertiary/aromatic N) is 4. The predicted molar refractivity (Wildman–Crippen MR) is 125 cm³/mol. The summed E-state index contributed by atoms with van der Waals surface area (Å²) in [6.07, 6.45) is 2.03. The maximum Gasteiger partial charge on any atom is 0.350 e. The molecule has 176 valence electrons. The number of nitrogens with one attached hydrogen (secondary N) is 1. The van der Waals surface area contributed by atoms with Gasteiger partial charge in [0.25, 0.3) is 5.91 Å². The molecule has 0 aliphatic heterocycles. The van der Waals surface area contributed by atoms with Crippen LogP contribution in [0, 0.1) is 11.7 Å². The molecule has 0 fully saturated rings. The van der Waals surface area contributed by atoms with Gasteiger partial charge < -0.3 is 10.1 Å². The quantitative estimate of drug-likeness (QED) is 0.547. The Balaban J connectivity index is 2.09. The van der Waals surface area contributed by atoms with E-state index in [0.29, 0.717) is 17.6 Å². The first-order valence-corrected chi connectivity index (χ1v) is 11.0. The topological polar surface area (TPSA) is 91.0 Å². The molecule has 1 amide bonds. The van der Waals surface area contributed by atoms with Crippen molar-refractivity contribution < 1.29 is 13.9 Å². The van der Waals surface area contributed by atoms with Gasteiger partial charge in [0.15, 0.2) is 0 Å². The summed E-state index contributed by atoms with van der Waals surface area (Å²) >= 11 is 0. The lowest BCUT2D eigenvalue weighted by Gasteiger charge is -2.20. The van der Waals surface area contributed by atoms with E-state index in [1.54, 1.807) is 31.4 Å². The summed E-state index contributed by atoms with van der Waals surface area (Å²) in [7, 11) is 1.59. The lowest BCUT2D eigenvalue weighted by atomic mass is 10.1. The molecule has 0 unspecified atom stereocenters. The number of benzene rings is 1. The molecule has 1 atom stereocenters. The first-order chi connectivity index (χ1) is 15.6. The minimum absolute atomic E-state index is 0.00516. The Kier molecular flexibility index (Phi) is 7.30. The number of rotatable bonds is 8. The van der Waals surface area contributed by atoms with Gasteiger partial charge in [0.2, 0.25) is 0 Å². The number of aromatic nitrogens is 4. The first kappa shape index (κ1) is 24.2. The van der Waals surface area contributed by atoms with Crippen molar-refractivity contribution in [1.82, 2.24) is 19.3 Å². The van der Waals surface area contributed by atoms with Gasteiger partial charge >= 0.3 is 5.69 Å². The van der Waals surface area contributed by atoms with E-state index in [1.165, 1.54) is 10.6 Å². The largest absolute Gasteiger partial charge is 0.490 e. The molecule has 0 spiro atoms. The molecule has 0 saturated heterocycles. The molecule has 3 aromatic rings. The van der Waals surface area contributed by atoms with Crippen LogP contribution in [-0.2, 0) is 7.05 Å². The highest BCUT2D eigenvalue weighted by atomic mass is 19.1. The van der Waals surface area contributed by atoms with Crippen molar-refractivity contribution in [2.45, 2.75) is 53.1 Å². The van der Waals surface area contributed by atoms with Crippen LogP contribution in [-0.4, -0.2) is 31.3 Å². The molecule has 9 heteroatoms. The van der Waals surface area contributed by atoms with Crippen molar-refractivity contribution in [3.63, 3.8) is 0 Å². The van der Waals surface area contributed by atoms with Gasteiger partial charge in [-0.1, -0.05) is 33.8 Å². The first-order valence-electron chi connectivity index (χ1n) is 11.0. The summed E-state index contributed by atoms with van der Waals surface area (Å²) in [5, 5.41) is 6.97. The van der Waals surface area contributed by atoms with Gasteiger partial charge in [0.1, 0.15) is 28.9 Å². The third kappa shape index (κ3) is 5.47. The number of ether oxygens (including phenoxy) is 1. The van der Waals surface area contributed by atoms with Crippen LogP contribution >= 0.6 is 0 Å². The number of halogens is 1. The number of amides is 1. The lowest BCUT2D eigenvalue weighted by Crippen LogP contribution is -2.24. The van der Waals surface area contributed by atoms with E-state index < -0.39 is 17.4 Å². The Morgan fingerprint density at radius 1 is 1.18 bits per heavy atom. The number of carbonyl (C=O) groups is 1. The number of hydrogen-bond acceptors (Lipinski definition) is 5. The Hall–Kier alpha value is -3.49. The van der Waals surface area contributed by atoms with Crippen molar-refractivity contribution in [2.24, 2.45) is 13.0 Å². The second-order valence-corrected chi connectivity index (χ2v) is 8.79. The monoisotopic (exact) mass is 455 g/mol. The average molecular weight is 456 g/mol. The van der Waals surface area contributed by atoms with E-state index >= 15 is 4.39 Å². The van der Waals surface area contributed by atoms with Crippen LogP contribution in [0.15, 0.2) is 41.3 Å². The third-order valence-corrected chi connectivity index (χ3v) is 5.09. The molecule has 0 saturated carbocycles. The number of anilines is 1. The molecule has 0 bridgehead atoms. The van der Waals surface area contributed by atoms with Crippen LogP contribution in [0.25, 0.3) is 5.69 Å². The van der Waals surface area contributed by atoms with E-state index in [9.17, 15) is 9.59 Å². The average Bonchev–Trinajstić information content (AvgIpc) is 3.04. The van der Waals surface area contributed by atoms with Crippen molar-refractivity contribution >= 4 is 11.7 Å². The highest BCUT2D eigenvalue weighted by Crippen LogP contribution is 2.28. The van der Waals surface area contributed by atoms with Gasteiger partial charge in [-0.05, 0) is 37.5 Å². The van der Waals surface area contributed by atoms with E-state index in [-0.39, 0.29) is 29.0 Å². The van der Waals surface area contributed by atoms with Crippen LogP contribution in [0.2, 0.25) is 0 Å². The van der Waals surface area contributed by atoms with Crippen LogP contribution in [0.3, 0.4) is 0 Å². The highest BCUT2D eigenvalue weighted by Gasteiger charge is 2.23. The van der Waals surface area contributed by atoms with Gasteiger partial charge in [-0.2, -0.15) is 4.68 Å². The summed E-state index contributed by atoms with van der Waals surface area (Å²) in [4.78, 5) is 29.8. The fourth-order valence-electron chi connectivity index (χ4n) is 3.64. The molecule has 8 nitrogen and oxygen atoms in total. The minimum Gasteiger partial charge on any atom is -0.490 e. The van der Waals surface area contributed by atoms with E-state index in [2.05, 4.69) is 29.2 Å². The summed E-state index contributed by atoms with van der Waals surface area (Å²) in [6, 6.07) is 7.52. The summed E-state index contributed by atoms with van der Waals surface area (Å²) in [5.41, 5.74) is -0.557. The molecule has 1 aromatic carbocycles. The fourth-order valence-corrected chi connectivity index (χ4v) is 3.64. The maximum absolute atomic E-state index is 15.2. The SMILES string of the molecule is CC(C)C[C@H](C)Oc1cc(-n2nc(C(C)C)n(C)c2=O)c(F)cc1C(=O)Nc1ccccn1. The highest BCUT2D eigenvalue weighted by molar-refractivity contribution is 6.06. The lowest BCUT2D eigenvalue weighted by molar-refractivity contribution is 0.101. The normalized spacial score (nSPS) is 12.3. The molecule has 33 heavy (non-hydrogen) atoms. The van der Waals surface area contributed by atoms with Gasteiger partial charge in [0.05, 0.1) is 11.7 Å². The Morgan fingerprint density at radius 2 is 1.91 bits per heavy atom. The minimum atomic E-state index is -0.763. The smallest absolute Gasteiger partial charge is 0.350 e. The molecule has 3 rings (SSSR count). The molecule has 0 aliphatic rings. The molecule has 2 heterocycles. The zero-order valence-corrected chi connectivity index (χ0v) is 19.8. The number of carbonyl (C=O) groups excluding carboxylic acids is 1. The van der Waals surface area contributed by atoms with Crippen LogP contribution in [0.5, 0.6) is 5.75 Å². The van der Waals surface area contributed by atoms with Gasteiger partial charge in [-0.3, -0.25) is 9.36 Å². The Bertz CT molecular complexity index is 1180. The third-order valence-electron chi connectivity index (χ3n) is 5.09. The zero-order valence-electron chi connectivity index (χ0n) is 19.8. The Morgan fingerprint density at radius 3 is 2.48 bits per heavy atom. The van der Waals surface area contributed by atoms with Crippen molar-refractivity contribution in [3.8, 4) is 11.4 Å². The van der Waals surface area contributed by atoms with E-state index in [4.69, 9.17) is 4.74 Å². The summed E-state index contributed by atoms with van der Waals surface area (Å²) in [5.74, 6) is 0.0111.